The van der Waals surface area contributed by atoms with E-state index in [1.165, 1.54) is 11.1 Å². The quantitative estimate of drug-likeness (QED) is 0.764. The summed E-state index contributed by atoms with van der Waals surface area (Å²) in [5.74, 6) is 0.264. The molecule has 0 bridgehead atoms. The third-order valence-electron chi connectivity index (χ3n) is 4.79. The molecule has 0 aromatic heterocycles. The van der Waals surface area contributed by atoms with Crippen LogP contribution in [-0.4, -0.2) is 32.4 Å². The van der Waals surface area contributed by atoms with Crippen molar-refractivity contribution in [3.63, 3.8) is 0 Å². The van der Waals surface area contributed by atoms with Crippen molar-refractivity contribution in [3.05, 3.63) is 53.0 Å². The summed E-state index contributed by atoms with van der Waals surface area (Å²) in [4.78, 5) is 11.7. The first kappa shape index (κ1) is 18.7. The first-order chi connectivity index (χ1) is 12.4. The second-order valence-corrected chi connectivity index (χ2v) is 8.51. The minimum atomic E-state index is -3.38. The summed E-state index contributed by atoms with van der Waals surface area (Å²) in [5.41, 5.74) is 7.56. The average molecular weight is 375 g/mol. The molecular formula is C19H25N3O3S. The van der Waals surface area contributed by atoms with Crippen LogP contribution in [0.3, 0.4) is 0 Å². The lowest BCUT2D eigenvalue weighted by Crippen LogP contribution is -2.43. The lowest BCUT2D eigenvalue weighted by Gasteiger charge is -2.31. The molecule has 7 heteroatoms. The van der Waals surface area contributed by atoms with Gasteiger partial charge in [0.05, 0.1) is 5.70 Å². The van der Waals surface area contributed by atoms with Gasteiger partial charge in [-0.05, 0) is 54.0 Å². The Morgan fingerprint density at radius 1 is 1.35 bits per heavy atom. The zero-order chi connectivity index (χ0) is 18.7. The Labute approximate surface area is 155 Å². The zero-order valence-electron chi connectivity index (χ0n) is 15.0. The maximum Gasteiger partial charge on any atom is 0.242 e. The predicted octanol–water partition coefficient (Wildman–Crippen LogP) is 1.95. The molecule has 2 N–H and O–H groups in total. The molecule has 0 saturated carbocycles. The van der Waals surface area contributed by atoms with Crippen molar-refractivity contribution in [2.45, 2.75) is 32.6 Å². The van der Waals surface area contributed by atoms with Gasteiger partial charge in [-0.25, -0.2) is 13.1 Å². The van der Waals surface area contributed by atoms with Gasteiger partial charge in [0, 0.05) is 24.9 Å². The van der Waals surface area contributed by atoms with Crippen LogP contribution >= 0.6 is 0 Å². The van der Waals surface area contributed by atoms with Crippen molar-refractivity contribution in [2.75, 3.05) is 13.1 Å². The van der Waals surface area contributed by atoms with E-state index in [9.17, 15) is 13.2 Å². The van der Waals surface area contributed by atoms with Crippen LogP contribution in [0.2, 0.25) is 0 Å². The second-order valence-electron chi connectivity index (χ2n) is 6.80. The number of hydrazine groups is 1. The summed E-state index contributed by atoms with van der Waals surface area (Å²) in [6.07, 6.45) is 5.01. The number of benzene rings is 1. The molecule has 1 unspecified atom stereocenters. The lowest BCUT2D eigenvalue weighted by atomic mass is 10.0. The van der Waals surface area contributed by atoms with Gasteiger partial charge in [0.25, 0.3) is 0 Å². The Kier molecular flexibility index (Phi) is 5.48. The van der Waals surface area contributed by atoms with E-state index in [2.05, 4.69) is 41.8 Å². The van der Waals surface area contributed by atoms with Crippen LogP contribution in [0, 0.1) is 5.92 Å². The van der Waals surface area contributed by atoms with Crippen LogP contribution in [0.5, 0.6) is 0 Å². The van der Waals surface area contributed by atoms with Crippen LogP contribution in [0.1, 0.15) is 36.5 Å². The number of rotatable bonds is 7. The molecule has 0 saturated heterocycles. The average Bonchev–Trinajstić information content (AvgIpc) is 3.03. The van der Waals surface area contributed by atoms with Gasteiger partial charge in [-0.2, -0.15) is 0 Å². The van der Waals surface area contributed by atoms with Gasteiger partial charge in [-0.3, -0.25) is 15.2 Å². The number of sulfonamides is 1. The summed E-state index contributed by atoms with van der Waals surface area (Å²) >= 11 is 0. The molecule has 1 amide bonds. The van der Waals surface area contributed by atoms with Crippen molar-refractivity contribution >= 4 is 21.6 Å². The summed E-state index contributed by atoms with van der Waals surface area (Å²) in [6, 6.07) is 6.37. The van der Waals surface area contributed by atoms with E-state index >= 15 is 0 Å². The van der Waals surface area contributed by atoms with Crippen molar-refractivity contribution in [3.8, 4) is 0 Å². The number of carbonyl (C=O) groups is 1. The molecule has 1 aromatic rings. The fourth-order valence-corrected chi connectivity index (χ4v) is 4.12. The number of fused-ring (bicyclic) bond motifs is 1. The number of amides is 1. The highest BCUT2D eigenvalue weighted by Gasteiger charge is 2.25. The van der Waals surface area contributed by atoms with Crippen molar-refractivity contribution in [2.24, 2.45) is 5.92 Å². The number of hydrogen-bond donors (Lipinski definition) is 2. The Balaban J connectivity index is 1.74. The van der Waals surface area contributed by atoms with Crippen molar-refractivity contribution < 1.29 is 13.2 Å². The standard InChI is InChI=1S/C19H25N3O3S/c1-3-9-22-18(7-8-19(23)21-22)16-6-5-15-10-14(11-17(15)12-16)13-20-26(24,25)4-2/h4-7,12,14,20H,2-3,8-11,13H2,1H3,(H,21,23). The highest BCUT2D eigenvalue weighted by Crippen LogP contribution is 2.31. The maximum atomic E-state index is 11.7. The third-order valence-corrected chi connectivity index (χ3v) is 5.80. The minimum Gasteiger partial charge on any atom is -0.285 e. The normalized spacial score (nSPS) is 19.7. The number of nitrogens with zero attached hydrogens (tertiary/aromatic N) is 1. The van der Waals surface area contributed by atoms with E-state index in [4.69, 9.17) is 0 Å². The van der Waals surface area contributed by atoms with E-state index in [0.29, 0.717) is 13.0 Å². The smallest absolute Gasteiger partial charge is 0.242 e. The summed E-state index contributed by atoms with van der Waals surface area (Å²) < 4.78 is 25.7. The Morgan fingerprint density at radius 3 is 2.85 bits per heavy atom. The van der Waals surface area contributed by atoms with Crippen LogP contribution in [0.25, 0.3) is 5.70 Å². The minimum absolute atomic E-state index is 0.0120. The molecule has 0 radical (unpaired) electrons. The van der Waals surface area contributed by atoms with Gasteiger partial charge in [0.1, 0.15) is 0 Å². The lowest BCUT2D eigenvalue weighted by molar-refractivity contribution is -0.124. The molecule has 26 heavy (non-hydrogen) atoms. The van der Waals surface area contributed by atoms with E-state index in [1.807, 2.05) is 11.1 Å². The molecule has 1 aliphatic carbocycles. The van der Waals surface area contributed by atoms with Crippen LogP contribution in [-0.2, 0) is 27.7 Å². The van der Waals surface area contributed by atoms with Gasteiger partial charge in [-0.1, -0.05) is 25.6 Å². The first-order valence-corrected chi connectivity index (χ1v) is 10.5. The Bertz CT molecular complexity index is 846. The summed E-state index contributed by atoms with van der Waals surface area (Å²) in [7, 11) is -3.38. The van der Waals surface area contributed by atoms with Gasteiger partial charge in [0.15, 0.2) is 0 Å². The molecule has 0 fully saturated rings. The Morgan fingerprint density at radius 2 is 2.12 bits per heavy atom. The van der Waals surface area contributed by atoms with Crippen LogP contribution in [0.15, 0.2) is 36.3 Å². The first-order valence-electron chi connectivity index (χ1n) is 8.93. The molecule has 6 nitrogen and oxygen atoms in total. The predicted molar refractivity (Wildman–Crippen MR) is 102 cm³/mol. The fourth-order valence-electron chi connectivity index (χ4n) is 3.54. The van der Waals surface area contributed by atoms with Gasteiger partial charge < -0.3 is 0 Å². The topological polar surface area (TPSA) is 78.5 Å². The summed E-state index contributed by atoms with van der Waals surface area (Å²) in [5, 5.41) is 2.86. The molecule has 1 atom stereocenters. The van der Waals surface area contributed by atoms with Crippen molar-refractivity contribution in [1.82, 2.24) is 15.2 Å². The highest BCUT2D eigenvalue weighted by molar-refractivity contribution is 7.92. The molecule has 3 rings (SSSR count). The van der Waals surface area contributed by atoms with E-state index in [1.54, 1.807) is 0 Å². The third kappa shape index (κ3) is 4.16. The van der Waals surface area contributed by atoms with Gasteiger partial charge in [-0.15, -0.1) is 0 Å². The van der Waals surface area contributed by atoms with E-state index in [-0.39, 0.29) is 11.8 Å². The number of carbonyl (C=O) groups excluding carboxylic acids is 1. The SMILES string of the molecule is C=CS(=O)(=O)NCC1Cc2ccc(C3=CCC(=O)NN3CCC)cc2C1. The van der Waals surface area contributed by atoms with Crippen LogP contribution < -0.4 is 10.1 Å². The number of hydrogen-bond acceptors (Lipinski definition) is 4. The van der Waals surface area contributed by atoms with Gasteiger partial charge in [0.2, 0.25) is 15.9 Å². The number of nitrogens with one attached hydrogen (secondary N) is 2. The van der Waals surface area contributed by atoms with Gasteiger partial charge >= 0.3 is 0 Å². The monoisotopic (exact) mass is 375 g/mol. The largest absolute Gasteiger partial charge is 0.285 e. The van der Waals surface area contributed by atoms with Crippen molar-refractivity contribution in [1.29, 1.82) is 0 Å². The second kappa shape index (κ2) is 7.63. The maximum absolute atomic E-state index is 11.7. The molecule has 2 aliphatic rings. The molecular weight excluding hydrogens is 350 g/mol. The zero-order valence-corrected chi connectivity index (χ0v) is 15.8. The van der Waals surface area contributed by atoms with Crippen LogP contribution in [0.4, 0.5) is 0 Å². The molecule has 1 aromatic carbocycles. The molecule has 0 spiro atoms. The fraction of sp³-hybridized carbons (Fsp3) is 0.421. The Hall–Kier alpha value is -2.12. The highest BCUT2D eigenvalue weighted by atomic mass is 32.2. The summed E-state index contributed by atoms with van der Waals surface area (Å²) in [6.45, 7) is 6.58. The molecule has 1 heterocycles. The van der Waals surface area contributed by atoms with E-state index in [0.717, 1.165) is 42.5 Å². The molecule has 140 valence electrons. The molecule has 1 aliphatic heterocycles. The van der Waals surface area contributed by atoms with E-state index < -0.39 is 10.0 Å².